The van der Waals surface area contributed by atoms with E-state index in [1.165, 1.54) is 12.3 Å². The first-order valence-corrected chi connectivity index (χ1v) is 5.50. The van der Waals surface area contributed by atoms with Crippen LogP contribution in [0.4, 0.5) is 11.5 Å². The van der Waals surface area contributed by atoms with Gasteiger partial charge in [0.25, 0.3) is 5.69 Å². The zero-order chi connectivity index (χ0) is 12.9. The minimum absolute atomic E-state index is 0.0316. The molecule has 0 radical (unpaired) electrons. The quantitative estimate of drug-likeness (QED) is 0.585. The van der Waals surface area contributed by atoms with E-state index in [4.69, 9.17) is 5.11 Å². The summed E-state index contributed by atoms with van der Waals surface area (Å²) in [6.45, 7) is 4.07. The van der Waals surface area contributed by atoms with Crippen LogP contribution in [0.15, 0.2) is 18.3 Å². The third-order valence-electron chi connectivity index (χ3n) is 2.83. The highest BCUT2D eigenvalue weighted by Gasteiger charge is 2.21. The molecule has 1 heterocycles. The molecule has 1 aromatic heterocycles. The van der Waals surface area contributed by atoms with Crippen molar-refractivity contribution in [2.45, 2.75) is 32.2 Å². The van der Waals surface area contributed by atoms with E-state index in [0.29, 0.717) is 12.2 Å². The van der Waals surface area contributed by atoms with Crippen molar-refractivity contribution in [1.82, 2.24) is 4.98 Å². The normalized spacial score (nSPS) is 14.1. The van der Waals surface area contributed by atoms with Crippen molar-refractivity contribution < 1.29 is 10.0 Å². The van der Waals surface area contributed by atoms with Crippen LogP contribution >= 0.6 is 0 Å². The molecule has 0 saturated heterocycles. The van der Waals surface area contributed by atoms with Gasteiger partial charge < -0.3 is 10.4 Å². The fourth-order valence-electron chi connectivity index (χ4n) is 1.45. The Labute approximate surface area is 99.8 Å². The largest absolute Gasteiger partial charge is 0.396 e. The molecule has 1 rings (SSSR count). The first-order chi connectivity index (χ1) is 8.00. The Balaban J connectivity index is 2.77. The number of nitrogens with zero attached hydrogens (tertiary/aromatic N) is 2. The molecule has 0 fully saturated rings. The third kappa shape index (κ3) is 3.67. The minimum atomic E-state index is -0.483. The number of nitrogens with one attached hydrogen (secondary N) is 1. The summed E-state index contributed by atoms with van der Waals surface area (Å²) in [6.07, 6.45) is 2.64. The predicted octanol–water partition coefficient (Wildman–Crippen LogP) is 1.95. The van der Waals surface area contributed by atoms with Gasteiger partial charge in [0.05, 0.1) is 4.92 Å². The smallest absolute Gasteiger partial charge is 0.287 e. The van der Waals surface area contributed by atoms with E-state index >= 15 is 0 Å². The van der Waals surface area contributed by atoms with Crippen LogP contribution < -0.4 is 5.32 Å². The summed E-state index contributed by atoms with van der Waals surface area (Å²) < 4.78 is 0. The first-order valence-electron chi connectivity index (χ1n) is 5.50. The fraction of sp³-hybridized carbons (Fsp3) is 0.545. The molecular weight excluding hydrogens is 222 g/mol. The van der Waals surface area contributed by atoms with Gasteiger partial charge in [0.1, 0.15) is 12.0 Å². The molecule has 0 aromatic carbocycles. The van der Waals surface area contributed by atoms with Crippen LogP contribution in [0.25, 0.3) is 0 Å². The number of aromatic nitrogens is 1. The number of pyridine rings is 1. The molecule has 6 nitrogen and oxygen atoms in total. The number of nitro groups is 1. The van der Waals surface area contributed by atoms with E-state index < -0.39 is 4.92 Å². The Morgan fingerprint density at radius 3 is 2.71 bits per heavy atom. The molecule has 0 bridgehead atoms. The van der Waals surface area contributed by atoms with Crippen LogP contribution in [-0.2, 0) is 0 Å². The maximum Gasteiger partial charge on any atom is 0.287 e. The number of hydrogen-bond acceptors (Lipinski definition) is 5. The number of aliphatic hydroxyl groups excluding tert-OH is 1. The Morgan fingerprint density at radius 2 is 2.29 bits per heavy atom. The van der Waals surface area contributed by atoms with E-state index in [0.717, 1.165) is 6.42 Å². The summed E-state index contributed by atoms with van der Waals surface area (Å²) in [7, 11) is 0. The summed E-state index contributed by atoms with van der Waals surface area (Å²) in [5, 5.41) is 22.6. The average Bonchev–Trinajstić information content (AvgIpc) is 2.30. The van der Waals surface area contributed by atoms with E-state index in [9.17, 15) is 10.1 Å². The molecule has 0 spiro atoms. The highest BCUT2D eigenvalue weighted by Crippen LogP contribution is 2.21. The second kappa shape index (κ2) is 5.58. The molecule has 0 aliphatic heterocycles. The van der Waals surface area contributed by atoms with Crippen LogP contribution in [0, 0.1) is 10.1 Å². The van der Waals surface area contributed by atoms with Crippen molar-refractivity contribution in [2.75, 3.05) is 11.9 Å². The van der Waals surface area contributed by atoms with Crippen molar-refractivity contribution in [3.8, 4) is 0 Å². The van der Waals surface area contributed by atoms with Crippen LogP contribution in [0.2, 0.25) is 0 Å². The topological polar surface area (TPSA) is 88.3 Å². The van der Waals surface area contributed by atoms with Gasteiger partial charge in [-0.3, -0.25) is 10.1 Å². The molecule has 1 aromatic rings. The van der Waals surface area contributed by atoms with Gasteiger partial charge in [-0.05, 0) is 25.8 Å². The molecule has 0 aliphatic carbocycles. The molecule has 6 heteroatoms. The lowest BCUT2D eigenvalue weighted by atomic mass is 9.95. The summed E-state index contributed by atoms with van der Waals surface area (Å²) in [5.41, 5.74) is -0.284. The molecule has 0 saturated carbocycles. The van der Waals surface area contributed by atoms with E-state index in [1.807, 2.05) is 13.8 Å². The highest BCUT2D eigenvalue weighted by molar-refractivity contribution is 5.42. The summed E-state index contributed by atoms with van der Waals surface area (Å²) in [4.78, 5) is 14.0. The highest BCUT2D eigenvalue weighted by atomic mass is 16.6. The Bertz CT molecular complexity index is 380. The standard InChI is InChI=1S/C11H17N3O3/c1-3-11(2,6-7-15)13-10-5-4-9(8-12-10)14(16)17/h4-5,8,15H,3,6-7H2,1-2H3,(H,12,13). The van der Waals surface area contributed by atoms with E-state index in [-0.39, 0.29) is 17.8 Å². The summed E-state index contributed by atoms with van der Waals surface area (Å²) >= 11 is 0. The van der Waals surface area contributed by atoms with Gasteiger partial charge in [0.2, 0.25) is 0 Å². The number of anilines is 1. The molecule has 94 valence electrons. The molecule has 0 amide bonds. The number of aliphatic hydroxyl groups is 1. The average molecular weight is 239 g/mol. The van der Waals surface area contributed by atoms with Gasteiger partial charge >= 0.3 is 0 Å². The van der Waals surface area contributed by atoms with Gasteiger partial charge in [0, 0.05) is 18.2 Å². The van der Waals surface area contributed by atoms with Crippen molar-refractivity contribution in [1.29, 1.82) is 0 Å². The van der Waals surface area contributed by atoms with Crippen molar-refractivity contribution in [3.05, 3.63) is 28.4 Å². The van der Waals surface area contributed by atoms with Gasteiger partial charge in [-0.1, -0.05) is 6.92 Å². The number of rotatable bonds is 6. The van der Waals surface area contributed by atoms with Crippen molar-refractivity contribution in [2.24, 2.45) is 0 Å². The molecule has 17 heavy (non-hydrogen) atoms. The predicted molar refractivity (Wildman–Crippen MR) is 64.9 cm³/mol. The maximum atomic E-state index is 10.5. The Morgan fingerprint density at radius 1 is 1.59 bits per heavy atom. The second-order valence-corrected chi connectivity index (χ2v) is 4.17. The zero-order valence-corrected chi connectivity index (χ0v) is 10.0. The molecular formula is C11H17N3O3. The number of hydrogen-bond donors (Lipinski definition) is 2. The molecule has 0 aliphatic rings. The third-order valence-corrected chi connectivity index (χ3v) is 2.83. The van der Waals surface area contributed by atoms with Crippen LogP contribution in [0.1, 0.15) is 26.7 Å². The van der Waals surface area contributed by atoms with Crippen molar-refractivity contribution in [3.63, 3.8) is 0 Å². The summed E-state index contributed by atoms with van der Waals surface area (Å²) in [5.74, 6) is 0.577. The van der Waals surface area contributed by atoms with Crippen molar-refractivity contribution >= 4 is 11.5 Å². The second-order valence-electron chi connectivity index (χ2n) is 4.17. The summed E-state index contributed by atoms with van der Waals surface area (Å²) in [6, 6.07) is 2.98. The monoisotopic (exact) mass is 239 g/mol. The molecule has 2 N–H and O–H groups in total. The SMILES string of the molecule is CCC(C)(CCO)Nc1ccc([N+](=O)[O-])cn1. The lowest BCUT2D eigenvalue weighted by Gasteiger charge is -2.29. The Hall–Kier alpha value is -1.69. The van der Waals surface area contributed by atoms with Gasteiger partial charge in [-0.15, -0.1) is 0 Å². The lowest BCUT2D eigenvalue weighted by Crippen LogP contribution is -2.35. The maximum absolute atomic E-state index is 10.5. The molecule has 1 unspecified atom stereocenters. The lowest BCUT2D eigenvalue weighted by molar-refractivity contribution is -0.385. The Kier molecular flexibility index (Phi) is 4.39. The first kappa shape index (κ1) is 13.4. The minimum Gasteiger partial charge on any atom is -0.396 e. The molecule has 1 atom stereocenters. The van der Waals surface area contributed by atoms with Crippen LogP contribution in [-0.4, -0.2) is 27.2 Å². The van der Waals surface area contributed by atoms with E-state index in [2.05, 4.69) is 10.3 Å². The van der Waals surface area contributed by atoms with E-state index in [1.54, 1.807) is 6.07 Å². The fourth-order valence-corrected chi connectivity index (χ4v) is 1.45. The van der Waals surface area contributed by atoms with Crippen LogP contribution in [0.3, 0.4) is 0 Å². The van der Waals surface area contributed by atoms with Gasteiger partial charge in [-0.2, -0.15) is 0 Å². The van der Waals surface area contributed by atoms with Gasteiger partial charge in [-0.25, -0.2) is 4.98 Å². The van der Waals surface area contributed by atoms with Crippen LogP contribution in [0.5, 0.6) is 0 Å². The zero-order valence-electron chi connectivity index (χ0n) is 10.0. The van der Waals surface area contributed by atoms with Gasteiger partial charge in [0.15, 0.2) is 0 Å².